The number of aromatic nitrogens is 3. The van der Waals surface area contributed by atoms with Crippen molar-refractivity contribution in [1.29, 1.82) is 0 Å². The van der Waals surface area contributed by atoms with Crippen LogP contribution in [0.1, 0.15) is 0 Å². The Bertz CT molecular complexity index is 584. The lowest BCUT2D eigenvalue weighted by Crippen LogP contribution is -2.40. The number of esters is 1. The van der Waals surface area contributed by atoms with Gasteiger partial charge in [-0.1, -0.05) is 18.3 Å². The van der Waals surface area contributed by atoms with Crippen molar-refractivity contribution in [3.8, 4) is 0 Å². The van der Waals surface area contributed by atoms with Crippen LogP contribution in [0.15, 0.2) is 17.8 Å². The van der Waals surface area contributed by atoms with Crippen molar-refractivity contribution in [2.45, 2.75) is 5.16 Å². The average molecular weight is 381 g/mol. The fraction of sp³-hybridized carbons (Fsp3) is 0.625. The van der Waals surface area contributed by atoms with Crippen molar-refractivity contribution in [2.75, 3.05) is 74.8 Å². The number of carbonyl (C=O) groups is 1. The minimum atomic E-state index is -0.427. The molecule has 3 heterocycles. The molecule has 2 aliphatic rings. The highest BCUT2D eigenvalue weighted by atomic mass is 32.2. The molecule has 0 saturated carbocycles. The van der Waals surface area contributed by atoms with Gasteiger partial charge in [-0.3, -0.25) is 0 Å². The summed E-state index contributed by atoms with van der Waals surface area (Å²) in [6, 6.07) is 0. The molecule has 0 amide bonds. The molecule has 3 rings (SSSR count). The summed E-state index contributed by atoms with van der Waals surface area (Å²) >= 11 is 1.44. The molecule has 0 bridgehead atoms. The molecule has 2 saturated heterocycles. The van der Waals surface area contributed by atoms with E-state index in [1.54, 1.807) is 0 Å². The number of thioether (sulfide) groups is 1. The fourth-order valence-electron chi connectivity index (χ4n) is 2.54. The maximum atomic E-state index is 11.1. The second-order valence-electron chi connectivity index (χ2n) is 5.64. The Kier molecular flexibility index (Phi) is 7.04. The van der Waals surface area contributed by atoms with Crippen molar-refractivity contribution >= 4 is 29.6 Å². The molecule has 26 heavy (non-hydrogen) atoms. The first-order valence-corrected chi connectivity index (χ1v) is 9.58. The molecule has 0 aliphatic carbocycles. The summed E-state index contributed by atoms with van der Waals surface area (Å²) in [4.78, 5) is 29.2. The molecule has 1 aromatic heterocycles. The van der Waals surface area contributed by atoms with Crippen molar-refractivity contribution in [3.05, 3.63) is 12.7 Å². The fourth-order valence-corrected chi connectivity index (χ4v) is 3.19. The lowest BCUT2D eigenvalue weighted by Gasteiger charge is -2.30. The Hall–Kier alpha value is -1.91. The molecule has 9 nitrogen and oxygen atoms in total. The van der Waals surface area contributed by atoms with Gasteiger partial charge in [-0.15, -0.1) is 0 Å². The molecule has 0 atom stereocenters. The maximum Gasteiger partial charge on any atom is 0.330 e. The summed E-state index contributed by atoms with van der Waals surface area (Å²) in [6.45, 7) is 9.35. The van der Waals surface area contributed by atoms with Crippen LogP contribution in [0.25, 0.3) is 0 Å². The topological polar surface area (TPSA) is 89.9 Å². The summed E-state index contributed by atoms with van der Waals surface area (Å²) in [6.07, 6.45) is 1.15. The zero-order chi connectivity index (χ0) is 18.2. The second kappa shape index (κ2) is 9.70. The van der Waals surface area contributed by atoms with E-state index >= 15 is 0 Å². The minimum absolute atomic E-state index is 0.279. The van der Waals surface area contributed by atoms with Crippen LogP contribution in [-0.2, 0) is 19.0 Å². The number of nitrogens with zero attached hydrogens (tertiary/aromatic N) is 5. The van der Waals surface area contributed by atoms with Crippen molar-refractivity contribution < 1.29 is 19.0 Å². The zero-order valence-electron chi connectivity index (χ0n) is 14.6. The van der Waals surface area contributed by atoms with Gasteiger partial charge in [-0.25, -0.2) is 4.79 Å². The van der Waals surface area contributed by atoms with E-state index in [2.05, 4.69) is 31.3 Å². The van der Waals surface area contributed by atoms with E-state index in [0.29, 0.717) is 49.2 Å². The van der Waals surface area contributed by atoms with Crippen LogP contribution in [0.4, 0.5) is 11.9 Å². The molecule has 142 valence electrons. The molecule has 1 aromatic rings. The lowest BCUT2D eigenvalue weighted by atomic mass is 10.4. The Balaban J connectivity index is 1.71. The lowest BCUT2D eigenvalue weighted by molar-refractivity contribution is -0.137. The van der Waals surface area contributed by atoms with E-state index < -0.39 is 5.97 Å². The van der Waals surface area contributed by atoms with Crippen molar-refractivity contribution in [3.63, 3.8) is 0 Å². The van der Waals surface area contributed by atoms with Gasteiger partial charge in [0, 0.05) is 38.0 Å². The summed E-state index contributed by atoms with van der Waals surface area (Å²) in [5.41, 5.74) is 0. The number of hydrogen-bond acceptors (Lipinski definition) is 10. The Morgan fingerprint density at radius 3 is 2.08 bits per heavy atom. The molecule has 0 spiro atoms. The van der Waals surface area contributed by atoms with Crippen molar-refractivity contribution in [2.24, 2.45) is 0 Å². The zero-order valence-corrected chi connectivity index (χ0v) is 15.4. The van der Waals surface area contributed by atoms with Crippen LogP contribution in [0.5, 0.6) is 0 Å². The van der Waals surface area contributed by atoms with Gasteiger partial charge in [0.1, 0.15) is 6.61 Å². The predicted molar refractivity (Wildman–Crippen MR) is 97.8 cm³/mol. The third kappa shape index (κ3) is 5.29. The average Bonchev–Trinajstić information content (AvgIpc) is 2.72. The summed E-state index contributed by atoms with van der Waals surface area (Å²) in [5.74, 6) is 1.46. The van der Waals surface area contributed by atoms with Crippen LogP contribution in [-0.4, -0.2) is 85.9 Å². The number of carbonyl (C=O) groups excluding carboxylic acids is 1. The van der Waals surface area contributed by atoms with E-state index in [4.69, 9.17) is 14.2 Å². The molecule has 2 aliphatic heterocycles. The van der Waals surface area contributed by atoms with Gasteiger partial charge < -0.3 is 24.0 Å². The molecule has 0 aromatic carbocycles. The monoisotopic (exact) mass is 381 g/mol. The van der Waals surface area contributed by atoms with Gasteiger partial charge >= 0.3 is 5.97 Å². The molecule has 0 N–H and O–H groups in total. The van der Waals surface area contributed by atoms with Crippen LogP contribution in [0, 0.1) is 0 Å². The standard InChI is InChI=1S/C16H23N5O4S/c1-2-13(22)25-11-12-26-16-18-14(20-3-7-23-8-4-20)17-15(19-16)21-5-9-24-10-6-21/h2H,1,3-12H2. The van der Waals surface area contributed by atoms with Gasteiger partial charge in [0.2, 0.25) is 11.9 Å². The number of rotatable bonds is 7. The first-order valence-electron chi connectivity index (χ1n) is 8.60. The third-order valence-electron chi connectivity index (χ3n) is 3.90. The Morgan fingerprint density at radius 2 is 1.58 bits per heavy atom. The first-order chi connectivity index (χ1) is 12.8. The van der Waals surface area contributed by atoms with Gasteiger partial charge in [-0.05, 0) is 0 Å². The summed E-state index contributed by atoms with van der Waals surface area (Å²) < 4.78 is 15.8. The highest BCUT2D eigenvalue weighted by Gasteiger charge is 2.20. The molecular formula is C16H23N5O4S. The highest BCUT2D eigenvalue weighted by molar-refractivity contribution is 7.99. The van der Waals surface area contributed by atoms with Gasteiger partial charge in [0.25, 0.3) is 0 Å². The Labute approximate surface area is 156 Å². The van der Waals surface area contributed by atoms with Crippen LogP contribution < -0.4 is 9.80 Å². The molecular weight excluding hydrogens is 358 g/mol. The number of anilines is 2. The first kappa shape index (κ1) is 18.9. The van der Waals surface area contributed by atoms with E-state index in [9.17, 15) is 4.79 Å². The summed E-state index contributed by atoms with van der Waals surface area (Å²) in [7, 11) is 0. The van der Waals surface area contributed by atoms with E-state index in [0.717, 1.165) is 32.3 Å². The predicted octanol–water partition coefficient (Wildman–Crippen LogP) is 0.366. The van der Waals surface area contributed by atoms with Crippen molar-refractivity contribution in [1.82, 2.24) is 15.0 Å². The molecule has 0 radical (unpaired) electrons. The normalized spacial score (nSPS) is 17.8. The number of ether oxygens (including phenoxy) is 3. The largest absolute Gasteiger partial charge is 0.462 e. The summed E-state index contributed by atoms with van der Waals surface area (Å²) in [5, 5.41) is 0.623. The Morgan fingerprint density at radius 1 is 1.04 bits per heavy atom. The quantitative estimate of drug-likeness (QED) is 0.285. The molecule has 2 fully saturated rings. The highest BCUT2D eigenvalue weighted by Crippen LogP contribution is 2.22. The number of hydrogen-bond donors (Lipinski definition) is 0. The second-order valence-corrected chi connectivity index (χ2v) is 6.70. The third-order valence-corrected chi connectivity index (χ3v) is 4.72. The van der Waals surface area contributed by atoms with Gasteiger partial charge in [-0.2, -0.15) is 15.0 Å². The molecule has 0 unspecified atom stereocenters. The molecule has 10 heteroatoms. The smallest absolute Gasteiger partial charge is 0.330 e. The number of morpholine rings is 2. The van der Waals surface area contributed by atoms with E-state index in [1.165, 1.54) is 11.8 Å². The minimum Gasteiger partial charge on any atom is -0.462 e. The van der Waals surface area contributed by atoms with E-state index in [1.807, 2.05) is 0 Å². The van der Waals surface area contributed by atoms with Gasteiger partial charge in [0.05, 0.1) is 26.4 Å². The van der Waals surface area contributed by atoms with Crippen LogP contribution >= 0.6 is 11.8 Å². The van der Waals surface area contributed by atoms with Crippen LogP contribution in [0.2, 0.25) is 0 Å². The maximum absolute atomic E-state index is 11.1. The SMILES string of the molecule is C=CC(=O)OCCSc1nc(N2CCOCC2)nc(N2CCOCC2)n1. The van der Waals surface area contributed by atoms with Crippen LogP contribution in [0.3, 0.4) is 0 Å². The van der Waals surface area contributed by atoms with Gasteiger partial charge in [0.15, 0.2) is 5.16 Å². The van der Waals surface area contributed by atoms with E-state index in [-0.39, 0.29) is 6.61 Å².